The van der Waals surface area contributed by atoms with E-state index in [1.54, 1.807) is 22.9 Å². The largest absolute Gasteiger partial charge is 0.277 e. The summed E-state index contributed by atoms with van der Waals surface area (Å²) in [5, 5.41) is 0. The monoisotopic (exact) mass is 384 g/mol. The van der Waals surface area contributed by atoms with Gasteiger partial charge in [0.25, 0.3) is 5.56 Å². The lowest BCUT2D eigenvalue weighted by molar-refractivity contribution is 0.514. The van der Waals surface area contributed by atoms with Gasteiger partial charge in [0, 0.05) is 28.8 Å². The van der Waals surface area contributed by atoms with Crippen LogP contribution in [0.25, 0.3) is 5.69 Å². The van der Waals surface area contributed by atoms with E-state index in [0.717, 1.165) is 49.1 Å². The molecule has 0 radical (unpaired) electrons. The maximum atomic E-state index is 14.6. The highest BCUT2D eigenvalue weighted by molar-refractivity contribution is 5.40. The van der Waals surface area contributed by atoms with Crippen molar-refractivity contribution >= 4 is 0 Å². The van der Waals surface area contributed by atoms with E-state index in [1.165, 1.54) is 16.8 Å². The topological polar surface area (TPSA) is 26.9 Å². The molecule has 0 atom stereocenters. The Balaban J connectivity index is 1.76. The van der Waals surface area contributed by atoms with Crippen molar-refractivity contribution < 1.29 is 13.2 Å². The summed E-state index contributed by atoms with van der Waals surface area (Å²) in [5.74, 6) is -1.46. The Bertz CT molecular complexity index is 1120. The first-order valence-corrected chi connectivity index (χ1v) is 9.59. The summed E-state index contributed by atoms with van der Waals surface area (Å²) in [4.78, 5) is 13.3. The molecule has 6 heteroatoms. The highest BCUT2D eigenvalue weighted by atomic mass is 19.1. The van der Waals surface area contributed by atoms with Crippen molar-refractivity contribution in [2.24, 2.45) is 0 Å². The molecule has 2 saturated carbocycles. The van der Waals surface area contributed by atoms with Crippen LogP contribution in [0, 0.1) is 17.5 Å². The van der Waals surface area contributed by atoms with Crippen LogP contribution in [0.15, 0.2) is 47.3 Å². The average Bonchev–Trinajstić information content (AvgIpc) is 3.57. The minimum Gasteiger partial charge on any atom is -0.277 e. The molecule has 3 aromatic rings. The third kappa shape index (κ3) is 2.87. The number of nitrogens with zero attached hydrogens (tertiary/aromatic N) is 2. The number of halogens is 3. The number of benzene rings is 2. The summed E-state index contributed by atoms with van der Waals surface area (Å²) in [6, 6.07) is 9.57. The quantitative estimate of drug-likeness (QED) is 0.617. The van der Waals surface area contributed by atoms with E-state index < -0.39 is 11.6 Å². The van der Waals surface area contributed by atoms with E-state index in [2.05, 4.69) is 0 Å². The van der Waals surface area contributed by atoms with Crippen LogP contribution in [0.3, 0.4) is 0 Å². The molecular weight excluding hydrogens is 365 g/mol. The third-order valence-corrected chi connectivity index (χ3v) is 5.58. The number of rotatable bonds is 5. The second kappa shape index (κ2) is 6.40. The minimum absolute atomic E-state index is 0.00320. The van der Waals surface area contributed by atoms with Crippen molar-refractivity contribution in [3.8, 4) is 5.69 Å². The number of aromatic nitrogens is 2. The van der Waals surface area contributed by atoms with Gasteiger partial charge in [0.2, 0.25) is 0 Å². The fraction of sp³-hybridized carbons (Fsp3) is 0.318. The molecule has 0 unspecified atom stereocenters. The second-order valence-electron chi connectivity index (χ2n) is 7.71. The molecular formula is C22H19F3N2O. The van der Waals surface area contributed by atoms with E-state index in [-0.39, 0.29) is 35.4 Å². The first-order chi connectivity index (χ1) is 13.5. The second-order valence-corrected chi connectivity index (χ2v) is 7.71. The fourth-order valence-electron chi connectivity index (χ4n) is 3.96. The van der Waals surface area contributed by atoms with Gasteiger partial charge in [0.15, 0.2) is 5.82 Å². The Morgan fingerprint density at radius 2 is 1.61 bits per heavy atom. The van der Waals surface area contributed by atoms with Crippen LogP contribution in [0.1, 0.15) is 54.3 Å². The smallest absolute Gasteiger partial charge is 0.275 e. The van der Waals surface area contributed by atoms with Crippen molar-refractivity contribution in [1.29, 1.82) is 0 Å². The summed E-state index contributed by atoms with van der Waals surface area (Å²) in [6.45, 7) is 0.122. The molecule has 1 aromatic heterocycles. The van der Waals surface area contributed by atoms with Crippen LogP contribution < -0.4 is 5.56 Å². The van der Waals surface area contributed by atoms with Crippen molar-refractivity contribution in [3.05, 3.63) is 87.1 Å². The highest BCUT2D eigenvalue weighted by Gasteiger charge is 2.40. The van der Waals surface area contributed by atoms with Crippen LogP contribution in [-0.2, 0) is 6.54 Å². The molecule has 1 heterocycles. The summed E-state index contributed by atoms with van der Waals surface area (Å²) >= 11 is 0. The molecule has 0 N–H and O–H groups in total. The molecule has 2 fully saturated rings. The predicted molar refractivity (Wildman–Crippen MR) is 99.4 cm³/mol. The van der Waals surface area contributed by atoms with Gasteiger partial charge >= 0.3 is 0 Å². The average molecular weight is 384 g/mol. The van der Waals surface area contributed by atoms with E-state index in [9.17, 15) is 18.0 Å². The Hall–Kier alpha value is -2.76. The summed E-state index contributed by atoms with van der Waals surface area (Å²) < 4.78 is 45.4. The Morgan fingerprint density at radius 1 is 0.893 bits per heavy atom. The van der Waals surface area contributed by atoms with Crippen molar-refractivity contribution in [1.82, 2.24) is 9.36 Å². The molecule has 144 valence electrons. The standard InChI is InChI=1S/C22H19F3N2O/c23-16-9-10-19(18(25)11-16)27-22(28)20(13-5-6-13)21(14-7-8-14)26(27)12-15-3-1-2-4-17(15)24/h1-4,9-11,13-14H,5-8,12H2. The zero-order chi connectivity index (χ0) is 19.4. The molecule has 5 rings (SSSR count). The Morgan fingerprint density at radius 3 is 2.25 bits per heavy atom. The zero-order valence-electron chi connectivity index (χ0n) is 15.2. The Labute approximate surface area is 160 Å². The van der Waals surface area contributed by atoms with Crippen molar-refractivity contribution in [2.75, 3.05) is 0 Å². The normalized spacial score (nSPS) is 16.5. The van der Waals surface area contributed by atoms with Gasteiger partial charge in [-0.2, -0.15) is 0 Å². The van der Waals surface area contributed by atoms with Crippen LogP contribution in [0.4, 0.5) is 13.2 Å². The first kappa shape index (κ1) is 17.3. The molecule has 0 aliphatic heterocycles. The van der Waals surface area contributed by atoms with Gasteiger partial charge in [-0.05, 0) is 49.8 Å². The van der Waals surface area contributed by atoms with E-state index in [0.29, 0.717) is 5.56 Å². The predicted octanol–water partition coefficient (Wildman–Crippen LogP) is 4.86. The maximum absolute atomic E-state index is 14.6. The van der Waals surface area contributed by atoms with Gasteiger partial charge in [-0.25, -0.2) is 17.9 Å². The lowest BCUT2D eigenvalue weighted by atomic mass is 10.1. The van der Waals surface area contributed by atoms with E-state index in [4.69, 9.17) is 0 Å². The van der Waals surface area contributed by atoms with Gasteiger partial charge in [-0.15, -0.1) is 0 Å². The molecule has 28 heavy (non-hydrogen) atoms. The molecule has 0 bridgehead atoms. The number of hydrogen-bond donors (Lipinski definition) is 0. The first-order valence-electron chi connectivity index (χ1n) is 9.59. The van der Waals surface area contributed by atoms with E-state index in [1.807, 2.05) is 0 Å². The van der Waals surface area contributed by atoms with Crippen LogP contribution >= 0.6 is 0 Å². The maximum Gasteiger partial charge on any atom is 0.275 e. The van der Waals surface area contributed by atoms with Crippen LogP contribution in [0.5, 0.6) is 0 Å². The third-order valence-electron chi connectivity index (χ3n) is 5.58. The van der Waals surface area contributed by atoms with Gasteiger partial charge in [0.1, 0.15) is 17.3 Å². The SMILES string of the molecule is O=c1c(C2CC2)c(C2CC2)n(Cc2ccccc2F)n1-c1ccc(F)cc1F. The fourth-order valence-corrected chi connectivity index (χ4v) is 3.96. The summed E-state index contributed by atoms with van der Waals surface area (Å²) in [6.07, 6.45) is 3.80. The lowest BCUT2D eigenvalue weighted by Crippen LogP contribution is -2.24. The molecule has 2 aliphatic carbocycles. The summed E-state index contributed by atoms with van der Waals surface area (Å²) in [5.41, 5.74) is 1.77. The molecule has 3 nitrogen and oxygen atoms in total. The highest BCUT2D eigenvalue weighted by Crippen LogP contribution is 2.48. The molecule has 2 aromatic carbocycles. The van der Waals surface area contributed by atoms with E-state index >= 15 is 0 Å². The molecule has 0 saturated heterocycles. The van der Waals surface area contributed by atoms with Gasteiger partial charge in [-0.3, -0.25) is 9.48 Å². The molecule has 2 aliphatic rings. The zero-order valence-corrected chi connectivity index (χ0v) is 15.2. The van der Waals surface area contributed by atoms with Gasteiger partial charge in [0.05, 0.1) is 6.54 Å². The molecule has 0 spiro atoms. The lowest BCUT2D eigenvalue weighted by Gasteiger charge is -2.16. The van der Waals surface area contributed by atoms with Gasteiger partial charge < -0.3 is 0 Å². The Kier molecular flexibility index (Phi) is 3.96. The van der Waals surface area contributed by atoms with Gasteiger partial charge in [-0.1, -0.05) is 18.2 Å². The number of hydrogen-bond acceptors (Lipinski definition) is 1. The summed E-state index contributed by atoms with van der Waals surface area (Å²) in [7, 11) is 0. The minimum atomic E-state index is -0.806. The van der Waals surface area contributed by atoms with Crippen LogP contribution in [0.2, 0.25) is 0 Å². The van der Waals surface area contributed by atoms with Crippen LogP contribution in [-0.4, -0.2) is 9.36 Å². The molecule has 0 amide bonds. The van der Waals surface area contributed by atoms with Crippen molar-refractivity contribution in [3.63, 3.8) is 0 Å². The van der Waals surface area contributed by atoms with Crippen molar-refractivity contribution in [2.45, 2.75) is 44.1 Å².